The van der Waals surface area contributed by atoms with Crippen LogP contribution >= 0.6 is 8.03 Å². The largest absolute Gasteiger partial charge is 0.508 e. The average molecular weight is 248 g/mol. The second-order valence-corrected chi connectivity index (χ2v) is 5.09. The van der Waals surface area contributed by atoms with E-state index >= 15 is 0 Å². The summed E-state index contributed by atoms with van der Waals surface area (Å²) in [6, 6.07) is 9.37. The van der Waals surface area contributed by atoms with Crippen LogP contribution in [0, 0.1) is 0 Å². The van der Waals surface area contributed by atoms with Crippen molar-refractivity contribution in [1.82, 2.24) is 0 Å². The summed E-state index contributed by atoms with van der Waals surface area (Å²) in [5, 5.41) is 19.6. The molecule has 4 nitrogen and oxygen atoms in total. The zero-order valence-electron chi connectivity index (χ0n) is 8.68. The smallest absolute Gasteiger partial charge is 0.266 e. The van der Waals surface area contributed by atoms with Crippen molar-refractivity contribution < 1.29 is 19.3 Å². The van der Waals surface area contributed by atoms with Gasteiger partial charge in [0.1, 0.15) is 17.2 Å². The number of aromatic hydroxyl groups is 2. The number of phenolic OH excluding ortho intramolecular Hbond substituents is 2. The van der Waals surface area contributed by atoms with Gasteiger partial charge in [-0.15, -0.1) is 0 Å². The molecule has 17 heavy (non-hydrogen) atoms. The third-order valence-electron chi connectivity index (χ3n) is 2.70. The Bertz CT molecular complexity index is 636. The number of benzene rings is 2. The van der Waals surface area contributed by atoms with E-state index in [0.717, 1.165) is 0 Å². The number of hydrogen-bond donors (Lipinski definition) is 2. The lowest BCUT2D eigenvalue weighted by Gasteiger charge is -2.20. The van der Waals surface area contributed by atoms with Crippen LogP contribution in [0.4, 0.5) is 0 Å². The Morgan fingerprint density at radius 1 is 1.12 bits per heavy atom. The highest BCUT2D eigenvalue weighted by Gasteiger charge is 2.25. The van der Waals surface area contributed by atoms with Gasteiger partial charge in [0.25, 0.3) is 8.03 Å². The molecular weight excluding hydrogens is 239 g/mol. The van der Waals surface area contributed by atoms with E-state index in [1.807, 2.05) is 0 Å². The molecule has 1 atom stereocenters. The summed E-state index contributed by atoms with van der Waals surface area (Å²) in [4.78, 5) is 0. The van der Waals surface area contributed by atoms with Crippen LogP contribution in [-0.2, 0) is 4.57 Å². The number of phenols is 2. The van der Waals surface area contributed by atoms with Gasteiger partial charge >= 0.3 is 0 Å². The maximum Gasteiger partial charge on any atom is 0.266 e. The van der Waals surface area contributed by atoms with E-state index < -0.39 is 8.03 Å². The van der Waals surface area contributed by atoms with Crippen LogP contribution in [0.5, 0.6) is 17.2 Å². The Kier molecular flexibility index (Phi) is 2.13. The number of fused-ring (bicyclic) bond motifs is 3. The highest BCUT2D eigenvalue weighted by molar-refractivity contribution is 7.49. The molecule has 2 N–H and O–H groups in total. The van der Waals surface area contributed by atoms with Gasteiger partial charge in [-0.3, -0.25) is 4.57 Å². The summed E-state index contributed by atoms with van der Waals surface area (Å²) >= 11 is 0. The first-order chi connectivity index (χ1) is 8.16. The average Bonchev–Trinajstić information content (AvgIpc) is 2.30. The zero-order chi connectivity index (χ0) is 12.0. The minimum absolute atomic E-state index is 0.0320. The molecule has 1 aliphatic rings. The molecular formula is C12H9O4P. The lowest BCUT2D eigenvalue weighted by Crippen LogP contribution is -2.10. The monoisotopic (exact) mass is 248 g/mol. The molecule has 0 saturated carbocycles. The van der Waals surface area contributed by atoms with Crippen LogP contribution in [0.1, 0.15) is 0 Å². The molecule has 1 aliphatic heterocycles. The number of rotatable bonds is 0. The van der Waals surface area contributed by atoms with Crippen LogP contribution in [-0.4, -0.2) is 10.2 Å². The summed E-state index contributed by atoms with van der Waals surface area (Å²) in [6.07, 6.45) is 0. The standard InChI is InChI=1S/C12H9O4P/c13-7-4-5-8-11(6-7)17(15)16-10-3-1-2-9(14)12(8)10/h1-6,13-14,17H. The highest BCUT2D eigenvalue weighted by Crippen LogP contribution is 2.47. The Labute approximate surface area is 98.0 Å². The molecule has 0 saturated heterocycles. The van der Waals surface area contributed by atoms with E-state index in [1.165, 1.54) is 12.1 Å². The first-order valence-corrected chi connectivity index (χ1v) is 6.36. The minimum Gasteiger partial charge on any atom is -0.508 e. The van der Waals surface area contributed by atoms with Crippen LogP contribution in [0.2, 0.25) is 0 Å². The van der Waals surface area contributed by atoms with Crippen molar-refractivity contribution >= 4 is 13.3 Å². The van der Waals surface area contributed by atoms with Gasteiger partial charge in [0.05, 0.1) is 10.9 Å². The molecule has 0 aromatic heterocycles. The molecule has 86 valence electrons. The van der Waals surface area contributed by atoms with Crippen molar-refractivity contribution in [3.8, 4) is 28.4 Å². The molecule has 0 radical (unpaired) electrons. The molecule has 1 unspecified atom stereocenters. The van der Waals surface area contributed by atoms with Gasteiger partial charge in [0, 0.05) is 5.56 Å². The quantitative estimate of drug-likeness (QED) is 0.702. The molecule has 0 aliphatic carbocycles. The summed E-state index contributed by atoms with van der Waals surface area (Å²) in [6.45, 7) is 0. The molecule has 2 aromatic carbocycles. The fourth-order valence-electron chi connectivity index (χ4n) is 1.95. The summed E-state index contributed by atoms with van der Waals surface area (Å²) < 4.78 is 17.2. The highest BCUT2D eigenvalue weighted by atomic mass is 31.1. The zero-order valence-corrected chi connectivity index (χ0v) is 9.68. The van der Waals surface area contributed by atoms with Crippen molar-refractivity contribution in [1.29, 1.82) is 0 Å². The van der Waals surface area contributed by atoms with Gasteiger partial charge in [0.15, 0.2) is 0 Å². The molecule has 0 amide bonds. The van der Waals surface area contributed by atoms with Gasteiger partial charge in [0.2, 0.25) is 0 Å². The van der Waals surface area contributed by atoms with Crippen molar-refractivity contribution in [2.45, 2.75) is 0 Å². The normalized spacial score (nSPS) is 16.8. The van der Waals surface area contributed by atoms with Gasteiger partial charge in [-0.25, -0.2) is 0 Å². The van der Waals surface area contributed by atoms with Gasteiger partial charge < -0.3 is 14.7 Å². The van der Waals surface area contributed by atoms with E-state index in [0.29, 0.717) is 22.2 Å². The van der Waals surface area contributed by atoms with Crippen molar-refractivity contribution in [3.63, 3.8) is 0 Å². The molecule has 0 bridgehead atoms. The van der Waals surface area contributed by atoms with Crippen molar-refractivity contribution in [3.05, 3.63) is 36.4 Å². The Balaban J connectivity index is 2.36. The van der Waals surface area contributed by atoms with Crippen LogP contribution in [0.3, 0.4) is 0 Å². The number of hydrogen-bond acceptors (Lipinski definition) is 4. The minimum atomic E-state index is -2.42. The van der Waals surface area contributed by atoms with Gasteiger partial charge in [-0.2, -0.15) is 0 Å². The SMILES string of the molecule is O=[PH]1Oc2cccc(O)c2-c2ccc(O)cc21. The third kappa shape index (κ3) is 1.49. The summed E-state index contributed by atoms with van der Waals surface area (Å²) in [5.41, 5.74) is 1.16. The first-order valence-electron chi connectivity index (χ1n) is 5.04. The van der Waals surface area contributed by atoms with E-state index in [4.69, 9.17) is 4.52 Å². The van der Waals surface area contributed by atoms with Crippen LogP contribution in [0.25, 0.3) is 11.1 Å². The second-order valence-electron chi connectivity index (χ2n) is 3.77. The van der Waals surface area contributed by atoms with Crippen molar-refractivity contribution in [2.24, 2.45) is 0 Å². The van der Waals surface area contributed by atoms with Crippen LogP contribution in [0.15, 0.2) is 36.4 Å². The fourth-order valence-corrected chi connectivity index (χ4v) is 3.12. The predicted octanol–water partition coefficient (Wildman–Crippen LogP) is 2.26. The molecule has 1 heterocycles. The molecule has 3 rings (SSSR count). The third-order valence-corrected chi connectivity index (χ3v) is 3.96. The van der Waals surface area contributed by atoms with E-state index in [1.54, 1.807) is 24.3 Å². The van der Waals surface area contributed by atoms with E-state index in [-0.39, 0.29) is 11.5 Å². The fraction of sp³-hybridized carbons (Fsp3) is 0. The summed E-state index contributed by atoms with van der Waals surface area (Å²) in [7, 11) is -2.42. The Hall–Kier alpha value is -1.93. The molecule has 5 heteroatoms. The predicted molar refractivity (Wildman–Crippen MR) is 64.5 cm³/mol. The van der Waals surface area contributed by atoms with Gasteiger partial charge in [-0.05, 0) is 30.3 Å². The maximum absolute atomic E-state index is 11.9. The van der Waals surface area contributed by atoms with Crippen LogP contribution < -0.4 is 9.83 Å². The first kappa shape index (κ1) is 10.2. The topological polar surface area (TPSA) is 66.8 Å². The van der Waals surface area contributed by atoms with E-state index in [9.17, 15) is 14.8 Å². The van der Waals surface area contributed by atoms with E-state index in [2.05, 4.69) is 0 Å². The van der Waals surface area contributed by atoms with Crippen molar-refractivity contribution in [2.75, 3.05) is 0 Å². The second kappa shape index (κ2) is 3.54. The maximum atomic E-state index is 11.9. The molecule has 0 fully saturated rings. The van der Waals surface area contributed by atoms with Gasteiger partial charge in [-0.1, -0.05) is 6.07 Å². The molecule has 0 spiro atoms. The Morgan fingerprint density at radius 2 is 1.94 bits per heavy atom. The summed E-state index contributed by atoms with van der Waals surface area (Å²) in [5.74, 6) is 0.514. The Morgan fingerprint density at radius 3 is 2.76 bits per heavy atom. The lowest BCUT2D eigenvalue weighted by molar-refractivity contribution is 0.468. The lowest BCUT2D eigenvalue weighted by atomic mass is 10.0. The molecule has 2 aromatic rings.